The zero-order valence-corrected chi connectivity index (χ0v) is 18.0. The molecule has 2 aromatic heterocycles. The number of benzene rings is 2. The minimum absolute atomic E-state index is 0.0265. The van der Waals surface area contributed by atoms with Crippen molar-refractivity contribution in [1.82, 2.24) is 14.8 Å². The van der Waals surface area contributed by atoms with Gasteiger partial charge in [0.2, 0.25) is 0 Å². The quantitative estimate of drug-likeness (QED) is 0.276. The van der Waals surface area contributed by atoms with E-state index in [1.54, 1.807) is 10.9 Å². The van der Waals surface area contributed by atoms with Gasteiger partial charge in [-0.1, -0.05) is 0 Å². The predicted molar refractivity (Wildman–Crippen MR) is 119 cm³/mol. The van der Waals surface area contributed by atoms with Crippen LogP contribution in [0.2, 0.25) is 0 Å². The lowest BCUT2D eigenvalue weighted by molar-refractivity contribution is -0.137. The summed E-state index contributed by atoms with van der Waals surface area (Å²) in [6.07, 6.45) is 0.139. The molecule has 0 aliphatic heterocycles. The molecule has 4 aromatic rings. The summed E-state index contributed by atoms with van der Waals surface area (Å²) in [5, 5.41) is 9.35. The maximum Gasteiger partial charge on any atom is 0.416 e. The van der Waals surface area contributed by atoms with Gasteiger partial charge in [0.25, 0.3) is 0 Å². The van der Waals surface area contributed by atoms with E-state index in [0.29, 0.717) is 16.5 Å². The smallest absolute Gasteiger partial charge is 0.359 e. The van der Waals surface area contributed by atoms with E-state index in [9.17, 15) is 27.2 Å². The molecule has 0 aliphatic carbocycles. The Morgan fingerprint density at radius 2 is 1.74 bits per heavy atom. The predicted octanol–water partition coefficient (Wildman–Crippen LogP) is 5.35. The Balaban J connectivity index is 1.53. The van der Waals surface area contributed by atoms with Crippen LogP contribution in [0.5, 0.6) is 0 Å². The highest BCUT2D eigenvalue weighted by Gasteiger charge is 2.30. The maximum atomic E-state index is 14.7. The van der Waals surface area contributed by atoms with Gasteiger partial charge < -0.3 is 15.6 Å². The Morgan fingerprint density at radius 3 is 2.35 bits per heavy atom. The number of halogens is 4. The number of carbonyl (C=O) groups excluding carboxylic acids is 2. The first-order valence-corrected chi connectivity index (χ1v) is 10.2. The number of amides is 2. The number of hydrogen-bond acceptors (Lipinski definition) is 3. The topological polar surface area (TPSA) is 91.8 Å². The molecule has 11 heteroatoms. The molecule has 2 heterocycles. The van der Waals surface area contributed by atoms with Gasteiger partial charge in [-0.05, 0) is 50.2 Å². The van der Waals surface area contributed by atoms with Crippen LogP contribution < -0.4 is 10.6 Å². The number of carbonyl (C=O) groups is 2. The van der Waals surface area contributed by atoms with Crippen LogP contribution in [0.15, 0.2) is 55.0 Å². The largest absolute Gasteiger partial charge is 0.416 e. The molecule has 0 fully saturated rings. The van der Waals surface area contributed by atoms with Gasteiger partial charge in [-0.25, -0.2) is 4.39 Å². The number of anilines is 2. The molecule has 176 valence electrons. The van der Waals surface area contributed by atoms with Crippen molar-refractivity contribution in [1.29, 1.82) is 0 Å². The molecule has 0 saturated carbocycles. The third-order valence-corrected chi connectivity index (χ3v) is 5.14. The number of nitrogens with one attached hydrogen (secondary N) is 3. The van der Waals surface area contributed by atoms with E-state index in [4.69, 9.17) is 0 Å². The Kier molecular flexibility index (Phi) is 5.86. The fraction of sp³-hybridized carbons (Fsp3) is 0.174. The van der Waals surface area contributed by atoms with Crippen LogP contribution in [0.4, 0.5) is 28.9 Å². The lowest BCUT2D eigenvalue weighted by Crippen LogP contribution is -2.29. The van der Waals surface area contributed by atoms with Crippen LogP contribution in [0, 0.1) is 5.82 Å². The zero-order chi connectivity index (χ0) is 24.6. The number of aromatic amines is 1. The first-order chi connectivity index (χ1) is 16.0. The van der Waals surface area contributed by atoms with Gasteiger partial charge in [-0.2, -0.15) is 18.3 Å². The molecule has 0 bridgehead atoms. The Bertz CT molecular complexity index is 1370. The third kappa shape index (κ3) is 4.63. The van der Waals surface area contributed by atoms with Crippen LogP contribution in [0.1, 0.15) is 25.5 Å². The van der Waals surface area contributed by atoms with Crippen LogP contribution in [-0.2, 0) is 15.8 Å². The summed E-state index contributed by atoms with van der Waals surface area (Å²) in [6, 6.07) is 6.58. The molecule has 7 nitrogen and oxygen atoms in total. The zero-order valence-electron chi connectivity index (χ0n) is 18.0. The highest BCUT2D eigenvalue weighted by Crippen LogP contribution is 2.32. The van der Waals surface area contributed by atoms with Gasteiger partial charge in [0.1, 0.15) is 5.82 Å². The second kappa shape index (κ2) is 8.65. The van der Waals surface area contributed by atoms with Gasteiger partial charge in [-0.15, -0.1) is 0 Å². The number of fused-ring (bicyclic) bond motifs is 1. The van der Waals surface area contributed by atoms with E-state index in [2.05, 4.69) is 20.7 Å². The molecule has 0 radical (unpaired) electrons. The molecular formula is C23H19F4N5O2. The molecule has 0 saturated heterocycles. The van der Waals surface area contributed by atoms with Crippen molar-refractivity contribution in [2.45, 2.75) is 26.1 Å². The summed E-state index contributed by atoms with van der Waals surface area (Å²) in [6.45, 7) is 3.87. The van der Waals surface area contributed by atoms with Crippen LogP contribution >= 0.6 is 0 Å². The van der Waals surface area contributed by atoms with Crippen molar-refractivity contribution in [2.75, 3.05) is 10.6 Å². The minimum Gasteiger partial charge on any atom is -0.359 e. The molecule has 2 aromatic carbocycles. The SMILES string of the molecule is CC(C)n1cc(-c2cc3c(NC(=O)C(=O)Nc4ccc(C(F)(F)F)cc4)c[nH]c3cc2F)cn1. The number of H-pyrrole nitrogens is 1. The van der Waals surface area contributed by atoms with Gasteiger partial charge in [0.15, 0.2) is 0 Å². The molecule has 0 spiro atoms. The first-order valence-electron chi connectivity index (χ1n) is 10.2. The van der Waals surface area contributed by atoms with Gasteiger partial charge in [0.05, 0.1) is 23.0 Å². The monoisotopic (exact) mass is 473 g/mol. The number of rotatable bonds is 4. The van der Waals surface area contributed by atoms with Crippen LogP contribution in [0.3, 0.4) is 0 Å². The molecule has 0 unspecified atom stereocenters. The number of nitrogens with zero attached hydrogens (tertiary/aromatic N) is 2. The van der Waals surface area contributed by atoms with Crippen molar-refractivity contribution >= 4 is 34.1 Å². The van der Waals surface area contributed by atoms with E-state index in [1.165, 1.54) is 24.5 Å². The molecule has 2 amide bonds. The fourth-order valence-electron chi connectivity index (χ4n) is 3.34. The summed E-state index contributed by atoms with van der Waals surface area (Å²) < 4.78 is 54.4. The average Bonchev–Trinajstić information content (AvgIpc) is 3.40. The number of alkyl halides is 3. The summed E-state index contributed by atoms with van der Waals surface area (Å²) in [5.74, 6) is -2.61. The fourth-order valence-corrected chi connectivity index (χ4v) is 3.34. The van der Waals surface area contributed by atoms with Crippen molar-refractivity contribution in [3.63, 3.8) is 0 Å². The molecule has 0 atom stereocenters. The first kappa shape index (κ1) is 23.0. The highest BCUT2D eigenvalue weighted by molar-refractivity contribution is 6.44. The second-order valence-electron chi connectivity index (χ2n) is 7.87. The van der Waals surface area contributed by atoms with Crippen molar-refractivity contribution in [2.24, 2.45) is 0 Å². The Hall–Kier alpha value is -4.15. The van der Waals surface area contributed by atoms with Gasteiger partial charge in [-0.3, -0.25) is 14.3 Å². The summed E-state index contributed by atoms with van der Waals surface area (Å²) >= 11 is 0. The van der Waals surface area contributed by atoms with Crippen molar-refractivity contribution < 1.29 is 27.2 Å². The molecule has 3 N–H and O–H groups in total. The lowest BCUT2D eigenvalue weighted by atomic mass is 10.1. The standard InChI is InChI=1S/C23H19F4N5O2/c1-12(2)32-11-13(9-29-32)16-7-17-19(8-18(16)24)28-10-20(17)31-22(34)21(33)30-15-5-3-14(4-6-15)23(25,26)27/h3-12,28H,1-2H3,(H,30,33)(H,31,34). The number of aromatic nitrogens is 3. The Labute approximate surface area is 190 Å². The minimum atomic E-state index is -4.51. The molecule has 34 heavy (non-hydrogen) atoms. The lowest BCUT2D eigenvalue weighted by Gasteiger charge is -2.09. The van der Waals surface area contributed by atoms with Gasteiger partial charge >= 0.3 is 18.0 Å². The van der Waals surface area contributed by atoms with Gasteiger partial charge in [0, 0.05) is 40.6 Å². The van der Waals surface area contributed by atoms with E-state index in [1.807, 2.05) is 13.8 Å². The van der Waals surface area contributed by atoms with E-state index < -0.39 is 29.4 Å². The van der Waals surface area contributed by atoms with E-state index in [-0.39, 0.29) is 23.0 Å². The maximum absolute atomic E-state index is 14.7. The molecule has 4 rings (SSSR count). The van der Waals surface area contributed by atoms with Crippen molar-refractivity contribution in [3.8, 4) is 11.1 Å². The van der Waals surface area contributed by atoms with Crippen LogP contribution in [0.25, 0.3) is 22.0 Å². The summed E-state index contributed by atoms with van der Waals surface area (Å²) in [4.78, 5) is 27.5. The summed E-state index contributed by atoms with van der Waals surface area (Å²) in [7, 11) is 0. The number of hydrogen-bond donors (Lipinski definition) is 3. The third-order valence-electron chi connectivity index (χ3n) is 5.14. The summed E-state index contributed by atoms with van der Waals surface area (Å²) in [5.41, 5.74) is 0.598. The van der Waals surface area contributed by atoms with E-state index in [0.717, 1.165) is 24.3 Å². The second-order valence-corrected chi connectivity index (χ2v) is 7.87. The Morgan fingerprint density at radius 1 is 1.06 bits per heavy atom. The van der Waals surface area contributed by atoms with Crippen LogP contribution in [-0.4, -0.2) is 26.6 Å². The average molecular weight is 473 g/mol. The van der Waals surface area contributed by atoms with E-state index >= 15 is 0 Å². The molecular weight excluding hydrogens is 454 g/mol. The highest BCUT2D eigenvalue weighted by atomic mass is 19.4. The normalized spacial score (nSPS) is 11.7. The van der Waals surface area contributed by atoms with Crippen molar-refractivity contribution in [3.05, 3.63) is 66.4 Å². The molecule has 0 aliphatic rings.